The molecule has 1 aliphatic heterocycles. The Balaban J connectivity index is 2.16. The van der Waals surface area contributed by atoms with Crippen LogP contribution in [0, 0.1) is 11.3 Å². The molecule has 2 rings (SSSR count). The zero-order valence-corrected chi connectivity index (χ0v) is 13.7. The molecule has 0 bridgehead atoms. The molecular formula is C17H20N4O3. The first-order chi connectivity index (χ1) is 11.4. The molecule has 2 atom stereocenters. The number of morpholine rings is 1. The van der Waals surface area contributed by atoms with E-state index in [2.05, 4.69) is 5.32 Å². The van der Waals surface area contributed by atoms with E-state index in [1.54, 1.807) is 29.2 Å². The maximum absolute atomic E-state index is 12.5. The van der Waals surface area contributed by atoms with Crippen LogP contribution >= 0.6 is 0 Å². The highest BCUT2D eigenvalue weighted by Crippen LogP contribution is 2.16. The van der Waals surface area contributed by atoms with Crippen LogP contribution in [0.2, 0.25) is 0 Å². The molecule has 1 heterocycles. The van der Waals surface area contributed by atoms with E-state index in [-0.39, 0.29) is 29.3 Å². The van der Waals surface area contributed by atoms with Crippen LogP contribution in [0.25, 0.3) is 0 Å². The number of ether oxygens (including phenoxy) is 1. The molecular weight excluding hydrogens is 308 g/mol. The molecule has 0 aromatic heterocycles. The fraction of sp³-hybridized carbons (Fsp3) is 0.353. The summed E-state index contributed by atoms with van der Waals surface area (Å²) in [5, 5.41) is 12.1. The molecule has 1 aromatic rings. The van der Waals surface area contributed by atoms with Crippen LogP contribution in [0.3, 0.4) is 0 Å². The molecule has 2 amide bonds. The minimum absolute atomic E-state index is 0.0458. The van der Waals surface area contributed by atoms with Gasteiger partial charge in [0.05, 0.1) is 23.5 Å². The van der Waals surface area contributed by atoms with Crippen molar-refractivity contribution in [3.8, 4) is 6.07 Å². The molecule has 0 aliphatic carbocycles. The van der Waals surface area contributed by atoms with Gasteiger partial charge in [-0.2, -0.15) is 5.26 Å². The summed E-state index contributed by atoms with van der Waals surface area (Å²) in [6.07, 6.45) is 1.14. The Hall–Kier alpha value is -2.85. The van der Waals surface area contributed by atoms with Crippen molar-refractivity contribution in [3.63, 3.8) is 0 Å². The van der Waals surface area contributed by atoms with Crippen LogP contribution in [0.5, 0.6) is 0 Å². The summed E-state index contributed by atoms with van der Waals surface area (Å²) in [4.78, 5) is 25.5. The third-order valence-corrected chi connectivity index (χ3v) is 3.62. The highest BCUT2D eigenvalue weighted by molar-refractivity contribution is 6.00. The molecule has 0 radical (unpaired) electrons. The summed E-state index contributed by atoms with van der Waals surface area (Å²) >= 11 is 0. The third kappa shape index (κ3) is 4.12. The van der Waals surface area contributed by atoms with Crippen molar-refractivity contribution >= 4 is 17.5 Å². The zero-order chi connectivity index (χ0) is 17.7. The van der Waals surface area contributed by atoms with Crippen LogP contribution < -0.4 is 11.1 Å². The van der Waals surface area contributed by atoms with E-state index < -0.39 is 5.91 Å². The van der Waals surface area contributed by atoms with Gasteiger partial charge >= 0.3 is 0 Å². The molecule has 7 heteroatoms. The third-order valence-electron chi connectivity index (χ3n) is 3.62. The molecule has 1 aromatic carbocycles. The van der Waals surface area contributed by atoms with Crippen molar-refractivity contribution in [1.82, 2.24) is 4.90 Å². The van der Waals surface area contributed by atoms with Crippen molar-refractivity contribution in [2.24, 2.45) is 5.73 Å². The Morgan fingerprint density at radius 1 is 1.33 bits per heavy atom. The van der Waals surface area contributed by atoms with Gasteiger partial charge < -0.3 is 20.7 Å². The minimum Gasteiger partial charge on any atom is -0.372 e. The maximum atomic E-state index is 12.5. The molecule has 7 nitrogen and oxygen atoms in total. The number of carbonyl (C=O) groups excluding carboxylic acids is 2. The van der Waals surface area contributed by atoms with Crippen molar-refractivity contribution in [2.75, 3.05) is 18.4 Å². The topological polar surface area (TPSA) is 108 Å². The van der Waals surface area contributed by atoms with Gasteiger partial charge in [-0.25, -0.2) is 0 Å². The Morgan fingerprint density at radius 3 is 2.54 bits per heavy atom. The van der Waals surface area contributed by atoms with Gasteiger partial charge in [-0.05, 0) is 26.0 Å². The Labute approximate surface area is 140 Å². The van der Waals surface area contributed by atoms with Gasteiger partial charge in [0.25, 0.3) is 11.8 Å². The first-order valence-corrected chi connectivity index (χ1v) is 7.62. The number of amides is 2. The number of para-hydroxylation sites is 1. The lowest BCUT2D eigenvalue weighted by Crippen LogP contribution is -2.48. The normalized spacial score (nSPS) is 21.0. The van der Waals surface area contributed by atoms with Crippen molar-refractivity contribution < 1.29 is 14.3 Å². The van der Waals surface area contributed by atoms with Crippen molar-refractivity contribution in [2.45, 2.75) is 26.1 Å². The summed E-state index contributed by atoms with van der Waals surface area (Å²) in [7, 11) is 0. The summed E-state index contributed by atoms with van der Waals surface area (Å²) < 4.78 is 5.59. The summed E-state index contributed by atoms with van der Waals surface area (Å²) in [6.45, 7) is 4.63. The maximum Gasteiger partial charge on any atom is 0.266 e. The molecule has 3 N–H and O–H groups in total. The number of hydrogen-bond acceptors (Lipinski definition) is 5. The van der Waals surface area contributed by atoms with E-state index in [0.717, 1.165) is 0 Å². The monoisotopic (exact) mass is 328 g/mol. The van der Waals surface area contributed by atoms with Gasteiger partial charge in [0, 0.05) is 19.3 Å². The molecule has 0 saturated carbocycles. The highest BCUT2D eigenvalue weighted by atomic mass is 16.5. The number of nitrogens with two attached hydrogens (primary N) is 1. The quantitative estimate of drug-likeness (QED) is 0.638. The zero-order valence-electron chi connectivity index (χ0n) is 13.7. The molecule has 1 fully saturated rings. The van der Waals surface area contributed by atoms with Gasteiger partial charge in [-0.1, -0.05) is 12.1 Å². The molecule has 1 saturated heterocycles. The number of primary amides is 1. The minimum atomic E-state index is -0.591. The second-order valence-electron chi connectivity index (χ2n) is 5.69. The number of hydrogen-bond donors (Lipinski definition) is 2. The Kier molecular flexibility index (Phi) is 5.55. The number of nitriles is 1. The molecule has 0 spiro atoms. The van der Waals surface area contributed by atoms with E-state index in [9.17, 15) is 14.9 Å². The first kappa shape index (κ1) is 17.5. The average Bonchev–Trinajstić information content (AvgIpc) is 2.54. The smallest absolute Gasteiger partial charge is 0.266 e. The van der Waals surface area contributed by atoms with Crippen molar-refractivity contribution in [1.29, 1.82) is 5.26 Å². The van der Waals surface area contributed by atoms with Gasteiger partial charge in [-0.3, -0.25) is 9.59 Å². The van der Waals surface area contributed by atoms with Crippen LogP contribution in [0.15, 0.2) is 36.0 Å². The number of anilines is 1. The molecule has 24 heavy (non-hydrogen) atoms. The lowest BCUT2D eigenvalue weighted by Gasteiger charge is -2.35. The number of nitrogens with one attached hydrogen (secondary N) is 1. The number of nitrogens with zero attached hydrogens (tertiary/aromatic N) is 2. The predicted octanol–water partition coefficient (Wildman–Crippen LogP) is 1.24. The Bertz CT molecular complexity index is 698. The fourth-order valence-corrected chi connectivity index (χ4v) is 2.63. The number of benzene rings is 1. The van der Waals surface area contributed by atoms with Gasteiger partial charge in [0.1, 0.15) is 11.6 Å². The van der Waals surface area contributed by atoms with Gasteiger partial charge in [0.2, 0.25) is 0 Å². The van der Waals surface area contributed by atoms with E-state index in [1.165, 1.54) is 6.20 Å². The van der Waals surface area contributed by atoms with Crippen LogP contribution in [-0.2, 0) is 9.53 Å². The molecule has 1 aliphatic rings. The van der Waals surface area contributed by atoms with Crippen molar-refractivity contribution in [3.05, 3.63) is 41.6 Å². The first-order valence-electron chi connectivity index (χ1n) is 7.62. The predicted molar refractivity (Wildman–Crippen MR) is 88.9 cm³/mol. The second-order valence-corrected chi connectivity index (χ2v) is 5.69. The van der Waals surface area contributed by atoms with Crippen LogP contribution in [0.4, 0.5) is 5.69 Å². The molecule has 126 valence electrons. The van der Waals surface area contributed by atoms with E-state index in [4.69, 9.17) is 10.5 Å². The van der Waals surface area contributed by atoms with E-state index in [1.807, 2.05) is 19.9 Å². The Morgan fingerprint density at radius 2 is 1.96 bits per heavy atom. The fourth-order valence-electron chi connectivity index (χ4n) is 2.63. The number of rotatable bonds is 4. The summed E-state index contributed by atoms with van der Waals surface area (Å²) in [6, 6.07) is 8.52. The van der Waals surface area contributed by atoms with Gasteiger partial charge in [0.15, 0.2) is 0 Å². The van der Waals surface area contributed by atoms with Crippen LogP contribution in [-0.4, -0.2) is 42.0 Å². The number of carbonyl (C=O) groups is 2. The SMILES string of the molecule is CC1CN(C(=O)/C(C#N)=C\Nc2ccccc2C(N)=O)CC(C)O1. The summed E-state index contributed by atoms with van der Waals surface area (Å²) in [5.41, 5.74) is 5.98. The second kappa shape index (κ2) is 7.62. The van der Waals surface area contributed by atoms with E-state index >= 15 is 0 Å². The standard InChI is InChI=1S/C17H20N4O3/c1-11-9-21(10-12(2)24-11)17(23)13(7-18)8-20-15-6-4-3-5-14(15)16(19)22/h3-6,8,11-12,20H,9-10H2,1-2H3,(H2,19,22)/b13-8-. The van der Waals surface area contributed by atoms with Crippen LogP contribution in [0.1, 0.15) is 24.2 Å². The highest BCUT2D eigenvalue weighted by Gasteiger charge is 2.27. The average molecular weight is 328 g/mol. The lowest BCUT2D eigenvalue weighted by molar-refractivity contribution is -0.138. The lowest BCUT2D eigenvalue weighted by atomic mass is 10.1. The van der Waals surface area contributed by atoms with Gasteiger partial charge in [-0.15, -0.1) is 0 Å². The largest absolute Gasteiger partial charge is 0.372 e. The molecule has 2 unspecified atom stereocenters. The summed E-state index contributed by atoms with van der Waals surface area (Å²) in [5.74, 6) is -0.962. The van der Waals surface area contributed by atoms with E-state index in [0.29, 0.717) is 18.8 Å².